The number of allylic oxidation sites excluding steroid dienone is 4. The van der Waals surface area contributed by atoms with Gasteiger partial charge in [0.25, 0.3) is 0 Å². The van der Waals surface area contributed by atoms with Crippen LogP contribution in [-0.2, 0) is 21.7 Å². The molecular weight excluding hydrogens is 915 g/mol. The standard InChI is InChI=1S/C61H47Si.3ClH.Ti/c1-2-45-34-21-35-61(45)62(58-39-52(46-22-9-3-10-23-46)36-53(40-58)47-24-11-4-12-25-47,59-41-54(48-26-13-5-14-27-48)37-55(42-59)49-28-15-6-16-29-49)60-43-56(50-30-17-7-18-31-50)38-57(44-60)51-32-19-8-20-33-51;;;;/h3-20,22-33,35-44H,2,21H2,1H3;3*1H;/q-1;;;;+4/p-3. The zero-order valence-corrected chi connectivity index (χ0v) is 41.5. The van der Waals surface area contributed by atoms with Crippen LogP contribution in [0.3, 0.4) is 0 Å². The Hall–Kier alpha value is -5.74. The zero-order chi connectivity index (χ0) is 41.7. The van der Waals surface area contributed by atoms with Crippen LogP contribution in [0.5, 0.6) is 0 Å². The molecule has 0 nitrogen and oxygen atoms in total. The van der Waals surface area contributed by atoms with Crippen LogP contribution in [0.2, 0.25) is 0 Å². The molecule has 0 N–H and O–H groups in total. The Morgan fingerprint density at radius 1 is 0.333 bits per heavy atom. The van der Waals surface area contributed by atoms with Gasteiger partial charge in [-0.3, -0.25) is 6.08 Å². The summed E-state index contributed by atoms with van der Waals surface area (Å²) < 4.78 is 0. The average molecular weight is 962 g/mol. The van der Waals surface area contributed by atoms with Crippen molar-refractivity contribution in [1.82, 2.24) is 0 Å². The van der Waals surface area contributed by atoms with E-state index in [0.29, 0.717) is 0 Å². The van der Waals surface area contributed by atoms with Gasteiger partial charge in [0, 0.05) is 0 Å². The molecule has 0 bridgehead atoms. The van der Waals surface area contributed by atoms with Crippen molar-refractivity contribution in [2.45, 2.75) is 19.8 Å². The van der Waals surface area contributed by atoms with Gasteiger partial charge < -0.3 is 37.2 Å². The van der Waals surface area contributed by atoms with Crippen LogP contribution >= 0.6 is 0 Å². The number of hydrogen-bond acceptors (Lipinski definition) is 0. The molecule has 1 aliphatic rings. The summed E-state index contributed by atoms with van der Waals surface area (Å²) in [4.78, 5) is 0. The Balaban J connectivity index is 0.00000180. The third kappa shape index (κ3) is 9.99. The summed E-state index contributed by atoms with van der Waals surface area (Å²) in [6.45, 7) is 2.31. The topological polar surface area (TPSA) is 0 Å². The first-order valence-corrected chi connectivity index (χ1v) is 23.8. The van der Waals surface area contributed by atoms with Crippen LogP contribution in [0.25, 0.3) is 66.8 Å². The first kappa shape index (κ1) is 49.7. The molecule has 1 aliphatic carbocycles. The second-order valence-electron chi connectivity index (χ2n) is 16.2. The van der Waals surface area contributed by atoms with Gasteiger partial charge in [-0.15, -0.1) is 6.42 Å². The van der Waals surface area contributed by atoms with Crippen molar-refractivity contribution in [3.63, 3.8) is 0 Å². The van der Waals surface area contributed by atoms with Gasteiger partial charge in [0.05, 0.1) is 8.07 Å². The van der Waals surface area contributed by atoms with E-state index in [1.54, 1.807) is 0 Å². The molecule has 320 valence electrons. The van der Waals surface area contributed by atoms with Crippen LogP contribution in [0, 0.1) is 6.08 Å². The van der Waals surface area contributed by atoms with Crippen molar-refractivity contribution in [1.29, 1.82) is 0 Å². The van der Waals surface area contributed by atoms with Gasteiger partial charge in [0.2, 0.25) is 0 Å². The summed E-state index contributed by atoms with van der Waals surface area (Å²) in [5.74, 6) is 0. The Labute approximate surface area is 425 Å². The molecule has 0 aromatic heterocycles. The molecule has 10 rings (SSSR count). The summed E-state index contributed by atoms with van der Waals surface area (Å²) in [6, 6.07) is 88.0. The number of halogens is 3. The molecule has 9 aromatic carbocycles. The van der Waals surface area contributed by atoms with Gasteiger partial charge in [-0.05, 0) is 85.0 Å². The van der Waals surface area contributed by atoms with E-state index in [4.69, 9.17) is 0 Å². The minimum atomic E-state index is -3.30. The number of benzene rings is 9. The molecule has 0 heterocycles. The molecule has 66 heavy (non-hydrogen) atoms. The second-order valence-corrected chi connectivity index (χ2v) is 19.9. The van der Waals surface area contributed by atoms with Gasteiger partial charge in [0.15, 0.2) is 0 Å². The molecule has 0 unspecified atom stereocenters. The molecule has 9 aromatic rings. The Morgan fingerprint density at radius 2 is 0.561 bits per heavy atom. The molecular formula is C61H47Cl3SiTi. The van der Waals surface area contributed by atoms with Gasteiger partial charge in [-0.25, -0.2) is 5.57 Å². The monoisotopic (exact) mass is 960 g/mol. The van der Waals surface area contributed by atoms with Crippen molar-refractivity contribution in [3.8, 4) is 66.8 Å². The quantitative estimate of drug-likeness (QED) is 0.0955. The molecule has 0 saturated heterocycles. The minimum absolute atomic E-state index is 0. The fourth-order valence-corrected chi connectivity index (χ4v) is 14.8. The fourth-order valence-electron chi connectivity index (χ4n) is 9.47. The van der Waals surface area contributed by atoms with Gasteiger partial charge in [-0.2, -0.15) is 11.3 Å². The molecule has 0 saturated carbocycles. The van der Waals surface area contributed by atoms with Crippen LogP contribution in [-0.4, -0.2) is 8.07 Å². The molecule has 0 fully saturated rings. The summed E-state index contributed by atoms with van der Waals surface area (Å²) in [5.41, 5.74) is 15.9. The van der Waals surface area contributed by atoms with Crippen molar-refractivity contribution in [3.05, 3.63) is 260 Å². The smallest absolute Gasteiger partial charge is 1.00 e. The third-order valence-electron chi connectivity index (χ3n) is 12.4. The van der Waals surface area contributed by atoms with Crippen LogP contribution in [0.1, 0.15) is 19.8 Å². The SMILES string of the molecule is CCC1=[C-]CC=C1[Si](c1cc(-c2ccccc2)cc(-c2ccccc2)c1)(c1cc(-c2ccccc2)cc(-c2ccccc2)c1)c1cc(-c2ccccc2)cc(-c2ccccc2)c1.[Cl-].[Cl-].[Cl-].[Ti+4]. The van der Waals surface area contributed by atoms with E-state index in [1.165, 1.54) is 93.1 Å². The van der Waals surface area contributed by atoms with E-state index < -0.39 is 8.07 Å². The molecule has 0 radical (unpaired) electrons. The summed E-state index contributed by atoms with van der Waals surface area (Å²) >= 11 is 0. The van der Waals surface area contributed by atoms with Crippen molar-refractivity contribution >= 4 is 23.6 Å². The van der Waals surface area contributed by atoms with Crippen molar-refractivity contribution in [2.24, 2.45) is 0 Å². The third-order valence-corrected chi connectivity index (χ3v) is 17.2. The van der Waals surface area contributed by atoms with Gasteiger partial charge >= 0.3 is 21.7 Å². The van der Waals surface area contributed by atoms with E-state index in [1.807, 2.05) is 0 Å². The maximum absolute atomic E-state index is 3.91. The molecule has 0 atom stereocenters. The van der Waals surface area contributed by atoms with Crippen molar-refractivity contribution in [2.75, 3.05) is 0 Å². The van der Waals surface area contributed by atoms with Crippen LogP contribution < -0.4 is 52.8 Å². The predicted octanol–water partition coefficient (Wildman–Crippen LogP) is 5.18. The summed E-state index contributed by atoms with van der Waals surface area (Å²) in [5, 5.41) is 5.49. The second kappa shape index (κ2) is 22.6. The Morgan fingerprint density at radius 3 is 0.773 bits per heavy atom. The maximum atomic E-state index is 3.91. The van der Waals surface area contributed by atoms with E-state index in [9.17, 15) is 0 Å². The maximum Gasteiger partial charge on any atom is 4.00 e. The first-order chi connectivity index (χ1) is 30.7. The van der Waals surface area contributed by atoms with Crippen molar-refractivity contribution < 1.29 is 58.9 Å². The Bertz CT molecular complexity index is 2570. The van der Waals surface area contributed by atoms with E-state index >= 15 is 0 Å². The van der Waals surface area contributed by atoms with E-state index in [2.05, 4.69) is 256 Å². The van der Waals surface area contributed by atoms with Crippen LogP contribution in [0.4, 0.5) is 0 Å². The molecule has 0 spiro atoms. The molecule has 5 heteroatoms. The summed E-state index contributed by atoms with van der Waals surface area (Å²) in [6.07, 6.45) is 8.13. The minimum Gasteiger partial charge on any atom is -1.00 e. The first-order valence-electron chi connectivity index (χ1n) is 21.8. The van der Waals surface area contributed by atoms with E-state index in [-0.39, 0.29) is 58.9 Å². The average Bonchev–Trinajstić information content (AvgIpc) is 3.85. The summed E-state index contributed by atoms with van der Waals surface area (Å²) in [7, 11) is -3.30. The fraction of sp³-hybridized carbons (Fsp3) is 0.0492. The van der Waals surface area contributed by atoms with E-state index in [0.717, 1.165) is 12.8 Å². The zero-order valence-electron chi connectivity index (χ0n) is 36.6. The predicted molar refractivity (Wildman–Crippen MR) is 266 cm³/mol. The van der Waals surface area contributed by atoms with Gasteiger partial charge in [0.1, 0.15) is 0 Å². The molecule has 0 amide bonds. The number of rotatable bonds is 11. The molecule has 0 aliphatic heterocycles. The van der Waals surface area contributed by atoms with Crippen LogP contribution in [0.15, 0.2) is 253 Å². The largest absolute Gasteiger partial charge is 4.00 e. The Kier molecular flexibility index (Phi) is 17.0. The van der Waals surface area contributed by atoms with Gasteiger partial charge in [-0.1, -0.05) is 247 Å². The number of hydrogen-bond donors (Lipinski definition) is 0. The normalized spacial score (nSPS) is 11.7.